The average Bonchev–Trinajstić information content (AvgIpc) is 3.53. The first kappa shape index (κ1) is 20.6. The van der Waals surface area contributed by atoms with E-state index >= 15 is 0 Å². The number of carbonyl (C=O) groups is 1. The molecule has 9 heteroatoms. The molecule has 2 aliphatic heterocycles. The molecule has 2 aromatic heterocycles. The van der Waals surface area contributed by atoms with Gasteiger partial charge in [0.15, 0.2) is 17.1 Å². The van der Waals surface area contributed by atoms with Crippen molar-refractivity contribution in [3.63, 3.8) is 0 Å². The van der Waals surface area contributed by atoms with Crippen LogP contribution in [0.3, 0.4) is 0 Å². The number of ether oxygens (including phenoxy) is 2. The third-order valence-corrected chi connectivity index (χ3v) is 6.07. The van der Waals surface area contributed by atoms with Crippen LogP contribution in [0.4, 0.5) is 11.6 Å². The quantitative estimate of drug-likeness (QED) is 0.520. The van der Waals surface area contributed by atoms with Crippen LogP contribution in [0.15, 0.2) is 48.3 Å². The van der Waals surface area contributed by atoms with Gasteiger partial charge in [0.2, 0.25) is 5.91 Å². The lowest BCUT2D eigenvalue weighted by atomic mass is 10.1. The van der Waals surface area contributed by atoms with E-state index in [2.05, 4.69) is 27.6 Å². The number of aromatic nitrogens is 3. The highest BCUT2D eigenvalue weighted by molar-refractivity contribution is 5.89. The summed E-state index contributed by atoms with van der Waals surface area (Å²) >= 11 is 0. The van der Waals surface area contributed by atoms with Crippen molar-refractivity contribution in [3.8, 4) is 11.5 Å². The zero-order valence-corrected chi connectivity index (χ0v) is 18.8. The predicted molar refractivity (Wildman–Crippen MR) is 129 cm³/mol. The number of amides is 1. The van der Waals surface area contributed by atoms with E-state index in [1.54, 1.807) is 6.20 Å². The summed E-state index contributed by atoms with van der Waals surface area (Å²) in [7, 11) is 0. The molecule has 3 N–H and O–H groups in total. The number of hydrogen-bond donors (Lipinski definition) is 3. The Labute approximate surface area is 196 Å². The number of allylic oxidation sites excluding steroid dienone is 1. The minimum Gasteiger partial charge on any atom is -0.490 e. The van der Waals surface area contributed by atoms with E-state index in [0.29, 0.717) is 43.6 Å². The molecule has 174 valence electrons. The highest BCUT2D eigenvalue weighted by atomic mass is 16.5. The van der Waals surface area contributed by atoms with Crippen LogP contribution in [-0.2, 0) is 11.3 Å². The monoisotopic (exact) mass is 458 g/mol. The molecule has 0 unspecified atom stereocenters. The van der Waals surface area contributed by atoms with Crippen molar-refractivity contribution in [3.05, 3.63) is 59.4 Å². The van der Waals surface area contributed by atoms with Gasteiger partial charge in [0.25, 0.3) is 0 Å². The zero-order chi connectivity index (χ0) is 23.1. The molecule has 1 aromatic carbocycles. The molecule has 9 nitrogen and oxygen atoms in total. The van der Waals surface area contributed by atoms with Gasteiger partial charge in [-0.05, 0) is 42.2 Å². The highest BCUT2D eigenvalue weighted by Crippen LogP contribution is 2.31. The Morgan fingerprint density at radius 2 is 2.06 bits per heavy atom. The summed E-state index contributed by atoms with van der Waals surface area (Å²) in [6, 6.07) is 8.45. The summed E-state index contributed by atoms with van der Waals surface area (Å²) in [6.07, 6.45) is 7.20. The van der Waals surface area contributed by atoms with Crippen molar-refractivity contribution >= 4 is 29.3 Å². The summed E-state index contributed by atoms with van der Waals surface area (Å²) in [5.41, 5.74) is 4.11. The van der Waals surface area contributed by atoms with Crippen molar-refractivity contribution in [2.45, 2.75) is 38.3 Å². The normalized spacial score (nSPS) is 18.8. The second kappa shape index (κ2) is 8.40. The molecular weight excluding hydrogens is 432 g/mol. The first-order valence-corrected chi connectivity index (χ1v) is 11.6. The second-order valence-electron chi connectivity index (χ2n) is 8.84. The Morgan fingerprint density at radius 3 is 2.85 bits per heavy atom. The molecule has 0 spiro atoms. The third kappa shape index (κ3) is 4.16. The number of benzene rings is 1. The lowest BCUT2D eigenvalue weighted by Crippen LogP contribution is -2.10. The Balaban J connectivity index is 1.30. The van der Waals surface area contributed by atoms with Crippen molar-refractivity contribution < 1.29 is 14.3 Å². The van der Waals surface area contributed by atoms with Gasteiger partial charge in [-0.25, -0.2) is 4.98 Å². The van der Waals surface area contributed by atoms with E-state index in [1.807, 2.05) is 34.9 Å². The fourth-order valence-electron chi connectivity index (χ4n) is 4.12. The van der Waals surface area contributed by atoms with Gasteiger partial charge in [0, 0.05) is 36.3 Å². The molecule has 3 aromatic rings. The van der Waals surface area contributed by atoms with Crippen LogP contribution >= 0.6 is 0 Å². The molecule has 4 heterocycles. The molecule has 1 amide bonds. The van der Waals surface area contributed by atoms with Crippen molar-refractivity contribution in [2.24, 2.45) is 0 Å². The first-order valence-electron chi connectivity index (χ1n) is 11.6. The van der Waals surface area contributed by atoms with Crippen LogP contribution in [0, 0.1) is 0 Å². The summed E-state index contributed by atoms with van der Waals surface area (Å²) in [5, 5.41) is 14.3. The average molecular weight is 459 g/mol. The maximum Gasteiger partial charge on any atom is 0.228 e. The van der Waals surface area contributed by atoms with Crippen LogP contribution in [0.5, 0.6) is 11.5 Å². The summed E-state index contributed by atoms with van der Waals surface area (Å²) in [6.45, 7) is 5.85. The maximum atomic E-state index is 11.7. The number of rotatable bonds is 6. The SMILES string of the molecule is C=C1NC(=O)C/C1=C\c1cnn2c(NC3CC3)cc(NCc3ccc4c(c3)OCCCO4)nc12. The van der Waals surface area contributed by atoms with Gasteiger partial charge in [-0.1, -0.05) is 12.6 Å². The lowest BCUT2D eigenvalue weighted by Gasteiger charge is -2.13. The summed E-state index contributed by atoms with van der Waals surface area (Å²) < 4.78 is 13.4. The second-order valence-corrected chi connectivity index (χ2v) is 8.84. The zero-order valence-electron chi connectivity index (χ0n) is 18.8. The molecule has 1 saturated carbocycles. The standard InChI is InChI=1S/C25H26N6O3/c1-15-17(11-24(32)28-15)10-18-14-27-31-23(29-19-4-5-19)12-22(30-25(18)31)26-13-16-3-6-20-21(9-16)34-8-2-7-33-20/h3,6,9-10,12,14,19,29H,1-2,4-5,7-8,11,13H2,(H,26,30)(H,28,32)/b17-10+. The Hall–Kier alpha value is -4.01. The van der Waals surface area contributed by atoms with Gasteiger partial charge in [0.05, 0.1) is 25.8 Å². The summed E-state index contributed by atoms with van der Waals surface area (Å²) in [5.74, 6) is 3.14. The molecule has 2 fully saturated rings. The molecular formula is C25H26N6O3. The van der Waals surface area contributed by atoms with Crippen molar-refractivity contribution in [1.29, 1.82) is 0 Å². The van der Waals surface area contributed by atoms with E-state index in [0.717, 1.165) is 59.1 Å². The molecule has 1 saturated heterocycles. The van der Waals surface area contributed by atoms with Crippen LogP contribution in [-0.4, -0.2) is 39.8 Å². The van der Waals surface area contributed by atoms with Gasteiger partial charge in [-0.3, -0.25) is 4.79 Å². The van der Waals surface area contributed by atoms with E-state index in [1.165, 1.54) is 0 Å². The van der Waals surface area contributed by atoms with Gasteiger partial charge >= 0.3 is 0 Å². The van der Waals surface area contributed by atoms with Crippen LogP contribution < -0.4 is 25.4 Å². The molecule has 3 aliphatic rings. The number of fused-ring (bicyclic) bond motifs is 2. The largest absolute Gasteiger partial charge is 0.490 e. The van der Waals surface area contributed by atoms with Crippen molar-refractivity contribution in [2.75, 3.05) is 23.8 Å². The predicted octanol–water partition coefficient (Wildman–Crippen LogP) is 3.49. The van der Waals surface area contributed by atoms with Crippen molar-refractivity contribution in [1.82, 2.24) is 19.9 Å². The molecule has 0 bridgehead atoms. The molecule has 1 aliphatic carbocycles. The Bertz CT molecular complexity index is 1320. The first-order chi connectivity index (χ1) is 16.6. The van der Waals surface area contributed by atoms with Crippen LogP contribution in [0.2, 0.25) is 0 Å². The molecule has 0 radical (unpaired) electrons. The van der Waals surface area contributed by atoms with Gasteiger partial charge < -0.3 is 25.4 Å². The number of hydrogen-bond acceptors (Lipinski definition) is 7. The smallest absolute Gasteiger partial charge is 0.228 e. The van der Waals surface area contributed by atoms with Gasteiger partial charge in [-0.2, -0.15) is 9.61 Å². The molecule has 6 rings (SSSR count). The molecule has 0 atom stereocenters. The highest BCUT2D eigenvalue weighted by Gasteiger charge is 2.24. The van der Waals surface area contributed by atoms with Crippen LogP contribution in [0.25, 0.3) is 11.7 Å². The number of carbonyl (C=O) groups excluding carboxylic acids is 1. The Kier molecular flexibility index (Phi) is 5.09. The third-order valence-electron chi connectivity index (χ3n) is 6.07. The number of anilines is 2. The minimum absolute atomic E-state index is 0.0470. The van der Waals surface area contributed by atoms with Crippen LogP contribution in [0.1, 0.15) is 36.8 Å². The van der Waals surface area contributed by atoms with E-state index in [4.69, 9.17) is 14.5 Å². The topological polar surface area (TPSA) is 102 Å². The van der Waals surface area contributed by atoms with E-state index in [9.17, 15) is 4.79 Å². The molecule has 34 heavy (non-hydrogen) atoms. The minimum atomic E-state index is -0.0470. The maximum absolute atomic E-state index is 11.7. The van der Waals surface area contributed by atoms with Gasteiger partial charge in [-0.15, -0.1) is 0 Å². The number of nitrogens with one attached hydrogen (secondary N) is 3. The summed E-state index contributed by atoms with van der Waals surface area (Å²) in [4.78, 5) is 16.6. The fourth-order valence-corrected chi connectivity index (χ4v) is 4.12. The van der Waals surface area contributed by atoms with E-state index < -0.39 is 0 Å². The Morgan fingerprint density at radius 1 is 1.21 bits per heavy atom. The number of nitrogens with zero attached hydrogens (tertiary/aromatic N) is 3. The lowest BCUT2D eigenvalue weighted by molar-refractivity contribution is -0.118. The van der Waals surface area contributed by atoms with Gasteiger partial charge in [0.1, 0.15) is 11.6 Å². The van der Waals surface area contributed by atoms with E-state index in [-0.39, 0.29) is 5.91 Å². The fraction of sp³-hybridized carbons (Fsp3) is 0.320.